The molecule has 10 nitrogen and oxygen atoms in total. The number of nitrogens with zero attached hydrogens (tertiary/aromatic N) is 2. The minimum absolute atomic E-state index is 0.00560. The van der Waals surface area contributed by atoms with Gasteiger partial charge in [-0.1, -0.05) is 12.5 Å². The highest BCUT2D eigenvalue weighted by molar-refractivity contribution is 5.83. The van der Waals surface area contributed by atoms with Crippen molar-refractivity contribution in [3.63, 3.8) is 0 Å². The van der Waals surface area contributed by atoms with Crippen molar-refractivity contribution in [2.75, 3.05) is 6.54 Å². The zero-order valence-corrected chi connectivity index (χ0v) is 28.8. The van der Waals surface area contributed by atoms with E-state index in [4.69, 9.17) is 11.1 Å². The molecular weight excluding hydrogens is 711 g/mol. The molecule has 17 heteroatoms. The molecule has 3 heterocycles. The van der Waals surface area contributed by atoms with Gasteiger partial charge in [0.05, 0.1) is 17.2 Å². The molecule has 1 aliphatic heterocycles. The Morgan fingerprint density at radius 3 is 2.49 bits per heavy atom. The molecule has 2 fully saturated rings. The number of fused-ring (bicyclic) bond motifs is 1. The molecular formula is C36H40F7N7O3. The number of aryl methyl sites for hydroxylation is 1. The predicted molar refractivity (Wildman–Crippen MR) is 184 cm³/mol. The van der Waals surface area contributed by atoms with Crippen LogP contribution in [0.15, 0.2) is 47.4 Å². The average Bonchev–Trinajstić information content (AvgIpc) is 3.84. The van der Waals surface area contributed by atoms with Gasteiger partial charge in [-0.2, -0.15) is 4.98 Å². The quantitative estimate of drug-likeness (QED) is 0.0540. The summed E-state index contributed by atoms with van der Waals surface area (Å²) in [5.41, 5.74) is 5.66. The molecule has 2 aromatic carbocycles. The Bertz CT molecular complexity index is 2010. The number of alkyl halides is 6. The third-order valence-electron chi connectivity index (χ3n) is 9.60. The number of benzene rings is 2. The van der Waals surface area contributed by atoms with E-state index < -0.39 is 41.8 Å². The smallest absolute Gasteiger partial charge is 0.405 e. The number of halogens is 7. The number of hydrogen-bond acceptors (Lipinski definition) is 7. The molecule has 0 radical (unpaired) electrons. The molecule has 6 rings (SSSR count). The first-order valence-corrected chi connectivity index (χ1v) is 17.4. The zero-order valence-electron chi connectivity index (χ0n) is 28.8. The SMILES string of the molecule is CC(=N)NCC[C@@H]1CCC[C@@H](c2ccc(-n3cc4cc(-c5cc(CCCC(N)C6CC6)cc(OC(F)(F)F)c5F)[nH]c4nc3=O)cc2OC(F)(F)F)N1. The molecule has 1 saturated heterocycles. The Balaban J connectivity index is 1.31. The summed E-state index contributed by atoms with van der Waals surface area (Å²) in [5.74, 6) is -2.05. The number of ether oxygens (including phenoxy) is 2. The molecule has 0 spiro atoms. The third kappa shape index (κ3) is 9.87. The minimum Gasteiger partial charge on any atom is -0.405 e. The molecule has 6 N–H and O–H groups in total. The Kier molecular flexibility index (Phi) is 11.1. The number of aromatic nitrogens is 3. The largest absolute Gasteiger partial charge is 0.573 e. The fourth-order valence-corrected chi connectivity index (χ4v) is 6.92. The van der Waals surface area contributed by atoms with E-state index in [2.05, 4.69) is 30.1 Å². The average molecular weight is 752 g/mol. The Labute approximate surface area is 299 Å². The normalized spacial score (nSPS) is 18.6. The van der Waals surface area contributed by atoms with Gasteiger partial charge in [-0.25, -0.2) is 9.18 Å². The second-order valence-corrected chi connectivity index (χ2v) is 13.7. The van der Waals surface area contributed by atoms with Crippen LogP contribution in [0.3, 0.4) is 0 Å². The maximum absolute atomic E-state index is 15.6. The fraction of sp³-hybridized carbons (Fsp3) is 0.472. The molecule has 4 aromatic rings. The van der Waals surface area contributed by atoms with E-state index in [1.54, 1.807) is 6.92 Å². The van der Waals surface area contributed by atoms with E-state index >= 15 is 4.39 Å². The van der Waals surface area contributed by atoms with Crippen molar-refractivity contribution < 1.29 is 40.2 Å². The maximum Gasteiger partial charge on any atom is 0.573 e. The van der Waals surface area contributed by atoms with Gasteiger partial charge in [0.25, 0.3) is 0 Å². The van der Waals surface area contributed by atoms with Gasteiger partial charge in [-0.15, -0.1) is 26.3 Å². The Hall–Kier alpha value is -4.64. The zero-order chi connectivity index (χ0) is 38.1. The van der Waals surface area contributed by atoms with Crippen molar-refractivity contribution >= 4 is 16.9 Å². The van der Waals surface area contributed by atoms with E-state index in [0.717, 1.165) is 42.4 Å². The van der Waals surface area contributed by atoms with Crippen molar-refractivity contribution in [3.05, 3.63) is 70.0 Å². The molecule has 1 saturated carbocycles. The first-order valence-electron chi connectivity index (χ1n) is 17.4. The molecule has 0 bridgehead atoms. The molecule has 0 amide bonds. The van der Waals surface area contributed by atoms with Crippen molar-refractivity contribution in [1.29, 1.82) is 5.41 Å². The first kappa shape index (κ1) is 38.1. The van der Waals surface area contributed by atoms with Gasteiger partial charge in [0.15, 0.2) is 11.6 Å². The fourth-order valence-electron chi connectivity index (χ4n) is 6.92. The molecule has 1 unspecified atom stereocenters. The van der Waals surface area contributed by atoms with Crippen molar-refractivity contribution in [3.8, 4) is 28.4 Å². The van der Waals surface area contributed by atoms with Crippen LogP contribution in [-0.2, 0) is 6.42 Å². The second-order valence-electron chi connectivity index (χ2n) is 13.7. The van der Waals surface area contributed by atoms with E-state index in [-0.39, 0.29) is 45.6 Å². The Morgan fingerprint density at radius 2 is 1.79 bits per heavy atom. The first-order chi connectivity index (χ1) is 25.0. The Morgan fingerprint density at radius 1 is 1.06 bits per heavy atom. The van der Waals surface area contributed by atoms with Crippen LogP contribution in [0.2, 0.25) is 0 Å². The molecule has 286 valence electrons. The summed E-state index contributed by atoms with van der Waals surface area (Å²) in [6.45, 7) is 2.15. The highest BCUT2D eigenvalue weighted by Crippen LogP contribution is 2.38. The number of piperidine rings is 1. The highest BCUT2D eigenvalue weighted by Gasteiger charge is 2.35. The summed E-state index contributed by atoms with van der Waals surface area (Å²) in [6.07, 6.45) is -2.55. The molecule has 1 aliphatic carbocycles. The summed E-state index contributed by atoms with van der Waals surface area (Å²) in [4.78, 5) is 20.0. The summed E-state index contributed by atoms with van der Waals surface area (Å²) < 4.78 is 106. The maximum atomic E-state index is 15.6. The lowest BCUT2D eigenvalue weighted by atomic mass is 9.91. The van der Waals surface area contributed by atoms with Crippen LogP contribution in [-0.4, -0.2) is 51.7 Å². The highest BCUT2D eigenvalue weighted by atomic mass is 19.4. The number of amidine groups is 1. The van der Waals surface area contributed by atoms with E-state index in [9.17, 15) is 31.1 Å². The number of nitrogens with two attached hydrogens (primary N) is 1. The van der Waals surface area contributed by atoms with E-state index in [1.165, 1.54) is 30.5 Å². The number of nitrogens with one attached hydrogen (secondary N) is 4. The molecule has 53 heavy (non-hydrogen) atoms. The lowest BCUT2D eigenvalue weighted by Crippen LogP contribution is -2.39. The van der Waals surface area contributed by atoms with Gasteiger partial charge >= 0.3 is 18.4 Å². The number of aromatic amines is 1. The molecule has 3 atom stereocenters. The topological polar surface area (TPSA) is 143 Å². The second kappa shape index (κ2) is 15.4. The summed E-state index contributed by atoms with van der Waals surface area (Å²) >= 11 is 0. The minimum atomic E-state index is -5.16. The van der Waals surface area contributed by atoms with Crippen LogP contribution >= 0.6 is 0 Å². The predicted octanol–water partition coefficient (Wildman–Crippen LogP) is 7.54. The number of H-pyrrole nitrogens is 1. The molecule has 2 aromatic heterocycles. The van der Waals surface area contributed by atoms with Crippen molar-refractivity contribution in [1.82, 2.24) is 25.2 Å². The van der Waals surface area contributed by atoms with E-state index in [1.807, 2.05) is 0 Å². The van der Waals surface area contributed by atoms with Gasteiger partial charge in [0.2, 0.25) is 0 Å². The van der Waals surface area contributed by atoms with Crippen LogP contribution in [0.1, 0.15) is 75.5 Å². The lowest BCUT2D eigenvalue weighted by Gasteiger charge is -2.32. The third-order valence-corrected chi connectivity index (χ3v) is 9.60. The van der Waals surface area contributed by atoms with E-state index in [0.29, 0.717) is 56.0 Å². The van der Waals surface area contributed by atoms with Crippen molar-refractivity contribution in [2.45, 2.75) is 95.6 Å². The summed E-state index contributed by atoms with van der Waals surface area (Å²) in [6, 6.07) is 7.28. The van der Waals surface area contributed by atoms with Crippen molar-refractivity contribution in [2.24, 2.45) is 11.7 Å². The van der Waals surface area contributed by atoms with Crippen LogP contribution in [0.4, 0.5) is 30.7 Å². The number of rotatable bonds is 13. The summed E-state index contributed by atoms with van der Waals surface area (Å²) in [5, 5.41) is 14.1. The lowest BCUT2D eigenvalue weighted by molar-refractivity contribution is -0.276. The van der Waals surface area contributed by atoms with Gasteiger partial charge in [0.1, 0.15) is 11.4 Å². The molecule has 2 aliphatic rings. The van der Waals surface area contributed by atoms with Gasteiger partial charge in [-0.3, -0.25) is 9.98 Å². The number of hydrogen-bond donors (Lipinski definition) is 5. The van der Waals surface area contributed by atoms with Crippen LogP contribution in [0.25, 0.3) is 28.0 Å². The van der Waals surface area contributed by atoms with Gasteiger partial charge in [0, 0.05) is 53.4 Å². The van der Waals surface area contributed by atoms with Gasteiger partial charge in [-0.05, 0) is 94.0 Å². The van der Waals surface area contributed by atoms with Crippen LogP contribution in [0.5, 0.6) is 11.5 Å². The standard InChI is InChI=1S/C36H40F7N7O3/c1-19(44)46-13-12-23-5-3-7-28(47-23)25-11-10-24(17-30(25)52-35(38,39)40)50-18-22-16-29(48-33(22)49-34(50)51)26-14-20(4-2-6-27(45)21-8-9-21)15-31(32(26)37)53-36(41,42)43/h10-11,14-18,21,23,27-28,47H,2-9,12-13,45H2,1H3,(H2,44,46)(H,48,49,51)/t23-,27?,28-/m0/s1. The van der Waals surface area contributed by atoms with Gasteiger partial charge < -0.3 is 30.8 Å². The van der Waals surface area contributed by atoms with Crippen LogP contribution in [0, 0.1) is 17.1 Å². The van der Waals surface area contributed by atoms with Crippen LogP contribution < -0.4 is 31.5 Å². The monoisotopic (exact) mass is 751 g/mol. The summed E-state index contributed by atoms with van der Waals surface area (Å²) in [7, 11) is 0.